The van der Waals surface area contributed by atoms with Gasteiger partial charge in [0.25, 0.3) is 0 Å². The van der Waals surface area contributed by atoms with Crippen molar-refractivity contribution in [2.45, 2.75) is 24.1 Å². The van der Waals surface area contributed by atoms with Gasteiger partial charge in [0.15, 0.2) is 11.5 Å². The lowest BCUT2D eigenvalue weighted by atomic mass is 10.1. The molecule has 0 amide bonds. The molecule has 4 aromatic rings. The maximum Gasteiger partial charge on any atom is 0.435 e. The summed E-state index contributed by atoms with van der Waals surface area (Å²) >= 11 is 1.31. The van der Waals surface area contributed by atoms with Gasteiger partial charge in [-0.05, 0) is 36.2 Å². The van der Waals surface area contributed by atoms with Crippen LogP contribution in [0.5, 0.6) is 5.75 Å². The number of methoxy groups -OCH3 is 1. The molecule has 0 bridgehead atoms. The van der Waals surface area contributed by atoms with Crippen LogP contribution in [0.15, 0.2) is 41.6 Å². The Balaban J connectivity index is 1.42. The number of fused-ring (bicyclic) bond motifs is 2. The van der Waals surface area contributed by atoms with Crippen LogP contribution in [0.3, 0.4) is 0 Å². The van der Waals surface area contributed by atoms with E-state index in [1.165, 1.54) is 16.6 Å². The van der Waals surface area contributed by atoms with Gasteiger partial charge in [-0.15, -0.1) is 0 Å². The van der Waals surface area contributed by atoms with E-state index < -0.39 is 11.9 Å². The molecule has 0 fully saturated rings. The van der Waals surface area contributed by atoms with Gasteiger partial charge in [0.1, 0.15) is 11.4 Å². The van der Waals surface area contributed by atoms with Crippen LogP contribution >= 0.6 is 11.9 Å². The molecule has 1 N–H and O–H groups in total. The molecule has 0 aliphatic carbocycles. The number of aromatic nitrogens is 5. The smallest absolute Gasteiger partial charge is 0.435 e. The Labute approximate surface area is 190 Å². The first kappa shape index (κ1) is 21.6. The quantitative estimate of drug-likeness (QED) is 0.429. The summed E-state index contributed by atoms with van der Waals surface area (Å²) in [4.78, 5) is 5.12. The van der Waals surface area contributed by atoms with Crippen LogP contribution in [0.2, 0.25) is 0 Å². The number of alkyl halides is 3. The Morgan fingerprint density at radius 3 is 2.76 bits per heavy atom. The number of hydrogen-bond acceptors (Lipinski definition) is 7. The molecule has 33 heavy (non-hydrogen) atoms. The highest BCUT2D eigenvalue weighted by molar-refractivity contribution is 8.00. The molecule has 1 aromatic carbocycles. The molecule has 1 aliphatic heterocycles. The standard InChI is InChI=1S/C21H19F3N6O2S/c1-29-19-12(9-26-29)3-5-16(31-2)18(19)28-33-13-4-6-17(25-10-13)30-15-7-8-32-11-14(15)20(27-30)21(22,23)24/h3-6,9-10,28H,7-8,11H2,1-2H3. The Kier molecular flexibility index (Phi) is 5.41. The van der Waals surface area contributed by atoms with E-state index in [0.717, 1.165) is 21.5 Å². The number of anilines is 1. The van der Waals surface area contributed by atoms with Crippen molar-refractivity contribution in [1.29, 1.82) is 0 Å². The van der Waals surface area contributed by atoms with Crippen molar-refractivity contribution >= 4 is 28.5 Å². The van der Waals surface area contributed by atoms with E-state index in [4.69, 9.17) is 9.47 Å². The van der Waals surface area contributed by atoms with Crippen LogP contribution in [-0.2, 0) is 31.0 Å². The molecule has 0 radical (unpaired) electrons. The predicted molar refractivity (Wildman–Crippen MR) is 116 cm³/mol. The third kappa shape index (κ3) is 3.89. The molecule has 8 nitrogen and oxygen atoms in total. The minimum Gasteiger partial charge on any atom is -0.494 e. The molecule has 12 heteroatoms. The van der Waals surface area contributed by atoms with Crippen LogP contribution < -0.4 is 9.46 Å². The molecule has 3 aromatic heterocycles. The number of halogens is 3. The van der Waals surface area contributed by atoms with E-state index in [0.29, 0.717) is 30.3 Å². The number of rotatable bonds is 5. The minimum absolute atomic E-state index is 0.0760. The van der Waals surface area contributed by atoms with Crippen molar-refractivity contribution in [3.05, 3.63) is 53.6 Å². The summed E-state index contributed by atoms with van der Waals surface area (Å²) in [5, 5.41) is 9.07. The predicted octanol–water partition coefficient (Wildman–Crippen LogP) is 4.37. The number of nitrogens with zero attached hydrogens (tertiary/aromatic N) is 5. The second-order valence-electron chi connectivity index (χ2n) is 7.39. The van der Waals surface area contributed by atoms with Gasteiger partial charge in [0, 0.05) is 35.5 Å². The largest absolute Gasteiger partial charge is 0.494 e. The molecule has 1 aliphatic rings. The Morgan fingerprint density at radius 1 is 1.18 bits per heavy atom. The lowest BCUT2D eigenvalue weighted by Crippen LogP contribution is -2.15. The summed E-state index contributed by atoms with van der Waals surface area (Å²) in [7, 11) is 3.44. The van der Waals surface area contributed by atoms with E-state index in [-0.39, 0.29) is 12.2 Å². The monoisotopic (exact) mass is 476 g/mol. The van der Waals surface area contributed by atoms with E-state index in [9.17, 15) is 13.2 Å². The number of aryl methyl sites for hydroxylation is 1. The lowest BCUT2D eigenvalue weighted by Gasteiger charge is -2.15. The SMILES string of the molecule is COc1ccc2cnn(C)c2c1NSc1ccc(-n2nc(C(F)(F)F)c3c2CCOC3)nc1. The summed E-state index contributed by atoms with van der Waals surface area (Å²) in [6, 6.07) is 7.21. The normalized spacial score (nSPS) is 13.8. The van der Waals surface area contributed by atoms with Gasteiger partial charge < -0.3 is 14.2 Å². The Bertz CT molecular complexity index is 1320. The Morgan fingerprint density at radius 2 is 2.03 bits per heavy atom. The zero-order valence-electron chi connectivity index (χ0n) is 17.7. The molecule has 172 valence electrons. The molecule has 5 rings (SSSR count). The second kappa shape index (κ2) is 8.27. The van der Waals surface area contributed by atoms with Crippen LogP contribution in [0, 0.1) is 0 Å². The summed E-state index contributed by atoms with van der Waals surface area (Å²) in [5.74, 6) is 0.979. The second-order valence-corrected chi connectivity index (χ2v) is 8.27. The molecule has 4 heterocycles. The van der Waals surface area contributed by atoms with Crippen molar-refractivity contribution in [1.82, 2.24) is 24.5 Å². The number of hydrogen-bond donors (Lipinski definition) is 1. The van der Waals surface area contributed by atoms with E-state index in [2.05, 4.69) is 19.9 Å². The fourth-order valence-corrected chi connectivity index (χ4v) is 4.50. The van der Waals surface area contributed by atoms with Crippen LogP contribution in [0.1, 0.15) is 17.0 Å². The first-order chi connectivity index (χ1) is 15.9. The number of benzene rings is 1. The maximum atomic E-state index is 13.4. The number of ether oxygens (including phenoxy) is 2. The third-order valence-electron chi connectivity index (χ3n) is 5.38. The molecule has 0 saturated heterocycles. The average Bonchev–Trinajstić information content (AvgIpc) is 3.39. The topological polar surface area (TPSA) is 79.0 Å². The maximum absolute atomic E-state index is 13.4. The first-order valence-corrected chi connectivity index (χ1v) is 10.8. The van der Waals surface area contributed by atoms with Crippen molar-refractivity contribution < 1.29 is 22.6 Å². The highest BCUT2D eigenvalue weighted by atomic mass is 32.2. The fraction of sp³-hybridized carbons (Fsp3) is 0.286. The first-order valence-electron chi connectivity index (χ1n) is 10.0. The highest BCUT2D eigenvalue weighted by Crippen LogP contribution is 2.37. The summed E-state index contributed by atoms with van der Waals surface area (Å²) in [6.07, 6.45) is -0.857. The van der Waals surface area contributed by atoms with Crippen LogP contribution in [-0.4, -0.2) is 38.3 Å². The van der Waals surface area contributed by atoms with Gasteiger partial charge in [-0.2, -0.15) is 23.4 Å². The summed E-state index contributed by atoms with van der Waals surface area (Å²) < 4.78 is 57.3. The van der Waals surface area contributed by atoms with Crippen molar-refractivity contribution in [2.75, 3.05) is 18.4 Å². The van der Waals surface area contributed by atoms with E-state index in [1.807, 2.05) is 19.2 Å². The van der Waals surface area contributed by atoms with Crippen molar-refractivity contribution in [3.8, 4) is 11.6 Å². The van der Waals surface area contributed by atoms with E-state index in [1.54, 1.807) is 36.3 Å². The molecular formula is C21H19F3N6O2S. The minimum atomic E-state index is -4.55. The summed E-state index contributed by atoms with van der Waals surface area (Å²) in [5.41, 5.74) is 1.28. The molecular weight excluding hydrogens is 457 g/mol. The summed E-state index contributed by atoms with van der Waals surface area (Å²) in [6.45, 7) is 0.235. The third-order valence-corrected chi connectivity index (χ3v) is 6.16. The number of pyridine rings is 1. The highest BCUT2D eigenvalue weighted by Gasteiger charge is 2.40. The fourth-order valence-electron chi connectivity index (χ4n) is 3.84. The van der Waals surface area contributed by atoms with E-state index >= 15 is 0 Å². The van der Waals surface area contributed by atoms with Crippen LogP contribution in [0.4, 0.5) is 18.9 Å². The molecule has 0 atom stereocenters. The molecule has 0 spiro atoms. The van der Waals surface area contributed by atoms with Crippen LogP contribution in [0.25, 0.3) is 16.7 Å². The van der Waals surface area contributed by atoms with Gasteiger partial charge >= 0.3 is 6.18 Å². The van der Waals surface area contributed by atoms with Gasteiger partial charge in [0.05, 0.1) is 37.7 Å². The zero-order chi connectivity index (χ0) is 23.2. The zero-order valence-corrected chi connectivity index (χ0v) is 18.5. The average molecular weight is 476 g/mol. The van der Waals surface area contributed by atoms with Gasteiger partial charge in [0.2, 0.25) is 0 Å². The van der Waals surface area contributed by atoms with Gasteiger partial charge in [-0.25, -0.2) is 9.67 Å². The Hall–Kier alpha value is -3.25. The van der Waals surface area contributed by atoms with Gasteiger partial charge in [-0.3, -0.25) is 4.68 Å². The molecule has 0 saturated carbocycles. The lowest BCUT2D eigenvalue weighted by molar-refractivity contribution is -0.142. The number of nitrogens with one attached hydrogen (secondary N) is 1. The van der Waals surface area contributed by atoms with Crippen molar-refractivity contribution in [2.24, 2.45) is 7.05 Å². The van der Waals surface area contributed by atoms with Gasteiger partial charge in [-0.1, -0.05) is 0 Å². The molecule has 0 unspecified atom stereocenters. The van der Waals surface area contributed by atoms with Crippen molar-refractivity contribution in [3.63, 3.8) is 0 Å².